The smallest absolute Gasteiger partial charge is 0.226 e. The molecule has 0 bridgehead atoms. The van der Waals surface area contributed by atoms with Gasteiger partial charge in [-0.1, -0.05) is 23.7 Å². The van der Waals surface area contributed by atoms with Gasteiger partial charge in [-0.05, 0) is 31.4 Å². The summed E-state index contributed by atoms with van der Waals surface area (Å²) in [6.07, 6.45) is 3.81. The first kappa shape index (κ1) is 18.5. The third-order valence-corrected chi connectivity index (χ3v) is 5.71. The van der Waals surface area contributed by atoms with Crippen LogP contribution in [-0.2, 0) is 9.53 Å². The van der Waals surface area contributed by atoms with E-state index in [1.807, 2.05) is 23.1 Å². The zero-order chi connectivity index (χ0) is 17.7. The fourth-order valence-corrected chi connectivity index (χ4v) is 4.08. The Morgan fingerprint density at radius 1 is 1.24 bits per heavy atom. The first-order valence-electron chi connectivity index (χ1n) is 9.04. The lowest BCUT2D eigenvalue weighted by molar-refractivity contribution is -0.141. The minimum absolute atomic E-state index is 0.171. The van der Waals surface area contributed by atoms with E-state index in [4.69, 9.17) is 21.1 Å². The zero-order valence-corrected chi connectivity index (χ0v) is 15.6. The molecule has 138 valence electrons. The summed E-state index contributed by atoms with van der Waals surface area (Å²) in [5, 5.41) is 0.579. The van der Waals surface area contributed by atoms with Crippen LogP contribution in [0.15, 0.2) is 24.3 Å². The van der Waals surface area contributed by atoms with E-state index in [9.17, 15) is 4.79 Å². The summed E-state index contributed by atoms with van der Waals surface area (Å²) >= 11 is 6.07. The van der Waals surface area contributed by atoms with Crippen molar-refractivity contribution in [3.63, 3.8) is 0 Å². The molecule has 5 nitrogen and oxygen atoms in total. The number of piperidine rings is 1. The summed E-state index contributed by atoms with van der Waals surface area (Å²) in [6.45, 7) is 4.86. The van der Waals surface area contributed by atoms with Crippen molar-refractivity contribution >= 4 is 17.5 Å². The van der Waals surface area contributed by atoms with Gasteiger partial charge in [-0.15, -0.1) is 0 Å². The Kier molecular flexibility index (Phi) is 6.20. The summed E-state index contributed by atoms with van der Waals surface area (Å²) in [4.78, 5) is 17.1. The van der Waals surface area contributed by atoms with E-state index in [1.165, 1.54) is 12.8 Å². The monoisotopic (exact) mass is 366 g/mol. The number of benzene rings is 1. The Balaban J connectivity index is 1.48. The first-order valence-corrected chi connectivity index (χ1v) is 9.41. The van der Waals surface area contributed by atoms with Crippen molar-refractivity contribution in [2.45, 2.75) is 31.2 Å². The van der Waals surface area contributed by atoms with Crippen molar-refractivity contribution in [3.8, 4) is 5.75 Å². The second kappa shape index (κ2) is 8.39. The second-order valence-corrected chi connectivity index (χ2v) is 7.31. The Hall–Kier alpha value is -1.30. The number of hydrogen-bond acceptors (Lipinski definition) is 4. The largest absolute Gasteiger partial charge is 0.491 e. The Morgan fingerprint density at radius 3 is 2.80 bits per heavy atom. The molecule has 1 aromatic rings. The standard InChI is InChI=1S/C19H27ClN2O3/c1-24-14-12-22-11-9-19(22)8-4-10-21(15-19)18(23)7-13-25-17-6-3-2-5-16(17)20/h2-3,5-6H,4,7-15H2,1H3/t19-/m1/s1. The number of para-hydroxylation sites is 1. The molecule has 2 aliphatic rings. The molecular weight excluding hydrogens is 340 g/mol. The molecule has 0 aromatic heterocycles. The molecule has 3 rings (SSSR count). The highest BCUT2D eigenvalue weighted by Gasteiger charge is 2.47. The summed E-state index contributed by atoms with van der Waals surface area (Å²) in [5.74, 6) is 0.807. The number of amides is 1. The topological polar surface area (TPSA) is 42.0 Å². The zero-order valence-electron chi connectivity index (χ0n) is 14.9. The SMILES string of the molecule is COCCN1CC[C@@]12CCCN(C(=O)CCOc1ccccc1Cl)C2. The van der Waals surface area contributed by atoms with E-state index in [0.717, 1.165) is 39.2 Å². The normalized spacial score (nSPS) is 23.5. The van der Waals surface area contributed by atoms with Gasteiger partial charge in [0.2, 0.25) is 5.91 Å². The average Bonchev–Trinajstić information content (AvgIpc) is 2.63. The number of halogens is 1. The van der Waals surface area contributed by atoms with Crippen LogP contribution in [0.2, 0.25) is 5.02 Å². The molecule has 0 aliphatic carbocycles. The number of methoxy groups -OCH3 is 1. The molecule has 2 fully saturated rings. The van der Waals surface area contributed by atoms with Gasteiger partial charge < -0.3 is 14.4 Å². The number of carbonyl (C=O) groups excluding carboxylic acids is 1. The molecule has 0 saturated carbocycles. The van der Waals surface area contributed by atoms with Crippen molar-refractivity contribution in [2.75, 3.05) is 46.5 Å². The fourth-order valence-electron chi connectivity index (χ4n) is 3.89. The lowest BCUT2D eigenvalue weighted by Crippen LogP contribution is -2.67. The molecule has 1 aromatic carbocycles. The number of ether oxygens (including phenoxy) is 2. The number of nitrogens with zero attached hydrogens (tertiary/aromatic N) is 2. The highest BCUT2D eigenvalue weighted by Crippen LogP contribution is 2.38. The quantitative estimate of drug-likeness (QED) is 0.744. The Morgan fingerprint density at radius 2 is 2.08 bits per heavy atom. The minimum Gasteiger partial charge on any atom is -0.491 e. The van der Waals surface area contributed by atoms with Gasteiger partial charge in [-0.2, -0.15) is 0 Å². The Labute approximate surface area is 154 Å². The van der Waals surface area contributed by atoms with Crippen LogP contribution in [0.5, 0.6) is 5.75 Å². The summed E-state index contributed by atoms with van der Waals surface area (Å²) < 4.78 is 10.9. The summed E-state index contributed by atoms with van der Waals surface area (Å²) in [5.41, 5.74) is 0.177. The van der Waals surface area contributed by atoms with Gasteiger partial charge in [0.15, 0.2) is 0 Å². The van der Waals surface area contributed by atoms with Gasteiger partial charge >= 0.3 is 0 Å². The van der Waals surface area contributed by atoms with Crippen molar-refractivity contribution < 1.29 is 14.3 Å². The van der Waals surface area contributed by atoms with Crippen LogP contribution < -0.4 is 4.74 Å². The minimum atomic E-state index is 0.171. The highest BCUT2D eigenvalue weighted by molar-refractivity contribution is 6.32. The molecule has 2 heterocycles. The maximum atomic E-state index is 12.6. The maximum absolute atomic E-state index is 12.6. The predicted octanol–water partition coefficient (Wildman–Crippen LogP) is 2.82. The molecule has 0 radical (unpaired) electrons. The number of carbonyl (C=O) groups is 1. The van der Waals surface area contributed by atoms with Crippen LogP contribution in [0.4, 0.5) is 0 Å². The average molecular weight is 367 g/mol. The van der Waals surface area contributed by atoms with E-state index >= 15 is 0 Å². The van der Waals surface area contributed by atoms with Gasteiger partial charge in [0.25, 0.3) is 0 Å². The molecule has 2 saturated heterocycles. The molecular formula is C19H27ClN2O3. The first-order chi connectivity index (χ1) is 12.1. The molecule has 2 aliphatic heterocycles. The van der Waals surface area contributed by atoms with Crippen LogP contribution >= 0.6 is 11.6 Å². The molecule has 0 N–H and O–H groups in total. The van der Waals surface area contributed by atoms with Gasteiger partial charge in [0.05, 0.1) is 24.7 Å². The van der Waals surface area contributed by atoms with Crippen molar-refractivity contribution in [1.29, 1.82) is 0 Å². The van der Waals surface area contributed by atoms with Gasteiger partial charge in [-0.3, -0.25) is 9.69 Å². The summed E-state index contributed by atoms with van der Waals surface area (Å²) in [7, 11) is 1.74. The fraction of sp³-hybridized carbons (Fsp3) is 0.632. The third kappa shape index (κ3) is 4.27. The molecule has 1 spiro atoms. The van der Waals surface area contributed by atoms with Crippen molar-refractivity contribution in [2.24, 2.45) is 0 Å². The van der Waals surface area contributed by atoms with Crippen LogP contribution in [0.1, 0.15) is 25.7 Å². The van der Waals surface area contributed by atoms with Crippen LogP contribution in [-0.4, -0.2) is 67.7 Å². The lowest BCUT2D eigenvalue weighted by atomic mass is 9.77. The van der Waals surface area contributed by atoms with Gasteiger partial charge in [0.1, 0.15) is 5.75 Å². The highest BCUT2D eigenvalue weighted by atomic mass is 35.5. The van der Waals surface area contributed by atoms with Crippen LogP contribution in [0, 0.1) is 0 Å². The van der Waals surface area contributed by atoms with Crippen molar-refractivity contribution in [1.82, 2.24) is 9.80 Å². The van der Waals surface area contributed by atoms with E-state index < -0.39 is 0 Å². The summed E-state index contributed by atoms with van der Waals surface area (Å²) in [6, 6.07) is 7.35. The second-order valence-electron chi connectivity index (χ2n) is 6.90. The maximum Gasteiger partial charge on any atom is 0.226 e. The third-order valence-electron chi connectivity index (χ3n) is 5.40. The van der Waals surface area contributed by atoms with Crippen LogP contribution in [0.25, 0.3) is 0 Å². The molecule has 6 heteroatoms. The molecule has 25 heavy (non-hydrogen) atoms. The molecule has 0 unspecified atom stereocenters. The molecule has 1 atom stereocenters. The number of hydrogen-bond donors (Lipinski definition) is 0. The van der Waals surface area contributed by atoms with E-state index in [-0.39, 0.29) is 11.4 Å². The van der Waals surface area contributed by atoms with Gasteiger partial charge in [-0.25, -0.2) is 0 Å². The van der Waals surface area contributed by atoms with Crippen molar-refractivity contribution in [3.05, 3.63) is 29.3 Å². The number of rotatable bonds is 7. The predicted molar refractivity (Wildman–Crippen MR) is 98.2 cm³/mol. The van der Waals surface area contributed by atoms with Crippen LogP contribution in [0.3, 0.4) is 0 Å². The van der Waals surface area contributed by atoms with Gasteiger partial charge in [0, 0.05) is 38.8 Å². The lowest BCUT2D eigenvalue weighted by Gasteiger charge is -2.57. The Bertz CT molecular complexity index is 598. The van der Waals surface area contributed by atoms with E-state index in [2.05, 4.69) is 4.90 Å². The van der Waals surface area contributed by atoms with E-state index in [0.29, 0.717) is 23.8 Å². The molecule has 1 amide bonds. The number of likely N-dealkylation sites (tertiary alicyclic amines) is 2. The van der Waals surface area contributed by atoms with E-state index in [1.54, 1.807) is 13.2 Å².